The highest BCUT2D eigenvalue weighted by atomic mass is 16.6. The van der Waals surface area contributed by atoms with Gasteiger partial charge >= 0.3 is 5.69 Å². The molecule has 134 valence electrons. The average Bonchev–Trinajstić information content (AvgIpc) is 2.56. The van der Waals surface area contributed by atoms with Crippen molar-refractivity contribution in [1.82, 2.24) is 5.43 Å². The number of carbonyl (C=O) groups excluding carboxylic acids is 1. The van der Waals surface area contributed by atoms with Gasteiger partial charge in [-0.1, -0.05) is 0 Å². The van der Waals surface area contributed by atoms with Crippen molar-refractivity contribution >= 4 is 23.5 Å². The largest absolute Gasteiger partial charge is 0.507 e. The highest BCUT2D eigenvalue weighted by Crippen LogP contribution is 2.32. The number of nitrogens with one attached hydrogen (secondary N) is 1. The minimum absolute atomic E-state index is 0.182. The van der Waals surface area contributed by atoms with Crippen LogP contribution in [-0.4, -0.2) is 37.3 Å². The SMILES string of the molecule is O=C(N/N=C/c1cc([N+](=O)[O-])c(O)cc1O)c1cc([N+](=O)[O-])ccc1O. The van der Waals surface area contributed by atoms with Gasteiger partial charge in [0.15, 0.2) is 5.75 Å². The minimum Gasteiger partial charge on any atom is -0.507 e. The van der Waals surface area contributed by atoms with Crippen molar-refractivity contribution in [2.75, 3.05) is 0 Å². The van der Waals surface area contributed by atoms with Crippen LogP contribution in [0.15, 0.2) is 35.4 Å². The van der Waals surface area contributed by atoms with E-state index < -0.39 is 49.9 Å². The quantitative estimate of drug-likeness (QED) is 0.348. The Morgan fingerprint density at radius 2 is 1.69 bits per heavy atom. The summed E-state index contributed by atoms with van der Waals surface area (Å²) in [6.07, 6.45) is 0.855. The molecule has 0 atom stereocenters. The first-order valence-corrected chi connectivity index (χ1v) is 6.72. The Bertz CT molecular complexity index is 941. The van der Waals surface area contributed by atoms with Crippen molar-refractivity contribution < 1.29 is 30.0 Å². The van der Waals surface area contributed by atoms with E-state index in [1.165, 1.54) is 0 Å². The number of rotatable bonds is 5. The fourth-order valence-corrected chi connectivity index (χ4v) is 1.87. The van der Waals surface area contributed by atoms with Gasteiger partial charge in [0.2, 0.25) is 0 Å². The lowest BCUT2D eigenvalue weighted by atomic mass is 10.1. The van der Waals surface area contributed by atoms with Crippen molar-refractivity contribution in [3.8, 4) is 17.2 Å². The molecule has 0 heterocycles. The molecule has 0 spiro atoms. The molecular weight excluding hydrogens is 352 g/mol. The Morgan fingerprint density at radius 1 is 1.00 bits per heavy atom. The van der Waals surface area contributed by atoms with E-state index in [9.17, 15) is 40.3 Å². The van der Waals surface area contributed by atoms with E-state index in [-0.39, 0.29) is 5.56 Å². The monoisotopic (exact) mass is 362 g/mol. The molecule has 4 N–H and O–H groups in total. The van der Waals surface area contributed by atoms with Crippen molar-refractivity contribution in [2.45, 2.75) is 0 Å². The predicted octanol–water partition coefficient (Wildman–Crippen LogP) is 1.38. The van der Waals surface area contributed by atoms with Gasteiger partial charge in [-0.15, -0.1) is 0 Å². The second-order valence-electron chi connectivity index (χ2n) is 4.81. The van der Waals surface area contributed by atoms with Crippen molar-refractivity contribution in [1.29, 1.82) is 0 Å². The van der Waals surface area contributed by atoms with E-state index in [0.717, 1.165) is 36.5 Å². The second-order valence-corrected chi connectivity index (χ2v) is 4.81. The van der Waals surface area contributed by atoms with Gasteiger partial charge in [-0.2, -0.15) is 5.10 Å². The van der Waals surface area contributed by atoms with Gasteiger partial charge in [-0.05, 0) is 6.07 Å². The normalized spacial score (nSPS) is 10.6. The van der Waals surface area contributed by atoms with E-state index in [1.54, 1.807) is 0 Å². The first-order valence-electron chi connectivity index (χ1n) is 6.72. The molecule has 1 amide bonds. The van der Waals surface area contributed by atoms with Crippen LogP contribution in [0.2, 0.25) is 0 Å². The summed E-state index contributed by atoms with van der Waals surface area (Å²) < 4.78 is 0. The van der Waals surface area contributed by atoms with E-state index in [0.29, 0.717) is 0 Å². The summed E-state index contributed by atoms with van der Waals surface area (Å²) in [5.41, 5.74) is 0.233. The Hall–Kier alpha value is -4.22. The van der Waals surface area contributed by atoms with E-state index >= 15 is 0 Å². The molecule has 0 radical (unpaired) electrons. The van der Waals surface area contributed by atoms with Gasteiger partial charge in [-0.25, -0.2) is 5.43 Å². The smallest absolute Gasteiger partial charge is 0.311 e. The Balaban J connectivity index is 2.22. The van der Waals surface area contributed by atoms with Gasteiger partial charge in [0.25, 0.3) is 11.6 Å². The molecule has 2 aromatic rings. The molecule has 0 saturated heterocycles. The zero-order valence-corrected chi connectivity index (χ0v) is 12.7. The zero-order valence-electron chi connectivity index (χ0n) is 12.7. The predicted molar refractivity (Wildman–Crippen MR) is 86.2 cm³/mol. The molecule has 12 nitrogen and oxygen atoms in total. The third-order valence-electron chi connectivity index (χ3n) is 3.13. The van der Waals surface area contributed by atoms with Crippen LogP contribution < -0.4 is 5.43 Å². The molecular formula is C14H10N4O8. The Kier molecular flexibility index (Phi) is 4.97. The van der Waals surface area contributed by atoms with Crippen LogP contribution >= 0.6 is 0 Å². The zero-order chi connectivity index (χ0) is 19.4. The summed E-state index contributed by atoms with van der Waals surface area (Å²) >= 11 is 0. The third-order valence-corrected chi connectivity index (χ3v) is 3.13. The van der Waals surface area contributed by atoms with E-state index in [2.05, 4.69) is 5.10 Å². The number of amides is 1. The summed E-state index contributed by atoms with van der Waals surface area (Å²) in [4.78, 5) is 31.7. The van der Waals surface area contributed by atoms with Crippen molar-refractivity contribution in [3.63, 3.8) is 0 Å². The first-order chi connectivity index (χ1) is 12.2. The topological polar surface area (TPSA) is 188 Å². The number of hydrazone groups is 1. The lowest BCUT2D eigenvalue weighted by Gasteiger charge is -2.03. The maximum atomic E-state index is 11.9. The van der Waals surface area contributed by atoms with Crippen LogP contribution in [0.4, 0.5) is 11.4 Å². The number of nitro benzene ring substituents is 2. The van der Waals surface area contributed by atoms with Crippen LogP contribution in [0.5, 0.6) is 17.2 Å². The van der Waals surface area contributed by atoms with Gasteiger partial charge in [0.1, 0.15) is 11.5 Å². The maximum Gasteiger partial charge on any atom is 0.311 e. The molecule has 2 rings (SSSR count). The van der Waals surface area contributed by atoms with Crippen LogP contribution in [0, 0.1) is 20.2 Å². The lowest BCUT2D eigenvalue weighted by Crippen LogP contribution is -2.18. The second kappa shape index (κ2) is 7.12. The molecule has 0 fully saturated rings. The molecule has 0 saturated carbocycles. The molecule has 2 aromatic carbocycles. The summed E-state index contributed by atoms with van der Waals surface area (Å²) in [7, 11) is 0. The number of hydrogen-bond acceptors (Lipinski definition) is 9. The van der Waals surface area contributed by atoms with Gasteiger partial charge in [-0.3, -0.25) is 25.0 Å². The molecule has 0 unspecified atom stereocenters. The fourth-order valence-electron chi connectivity index (χ4n) is 1.87. The standard InChI is InChI=1S/C14H10N4O8/c19-11-2-1-8(17(23)24)4-9(11)14(22)16-15-6-7-3-10(18(25)26)13(21)5-12(7)20/h1-6,19-21H,(H,16,22)/b15-6+. The van der Waals surface area contributed by atoms with Crippen molar-refractivity contribution in [2.24, 2.45) is 5.10 Å². The van der Waals surface area contributed by atoms with Crippen LogP contribution in [0.3, 0.4) is 0 Å². The van der Waals surface area contributed by atoms with Gasteiger partial charge in [0, 0.05) is 29.8 Å². The van der Waals surface area contributed by atoms with Gasteiger partial charge in [0.05, 0.1) is 21.6 Å². The summed E-state index contributed by atoms with van der Waals surface area (Å²) in [6, 6.07) is 4.36. The van der Waals surface area contributed by atoms with Gasteiger partial charge < -0.3 is 15.3 Å². The highest BCUT2D eigenvalue weighted by Gasteiger charge is 2.18. The number of hydrogen-bond donors (Lipinski definition) is 4. The number of phenolic OH excluding ortho intramolecular Hbond substituents is 3. The third kappa shape index (κ3) is 3.81. The number of non-ortho nitro benzene ring substituents is 1. The molecule has 26 heavy (non-hydrogen) atoms. The fraction of sp³-hybridized carbons (Fsp3) is 0. The first kappa shape index (κ1) is 18.1. The summed E-state index contributed by atoms with van der Waals surface area (Å²) in [6.45, 7) is 0. The Morgan fingerprint density at radius 3 is 2.31 bits per heavy atom. The number of benzene rings is 2. The van der Waals surface area contributed by atoms with E-state index in [4.69, 9.17) is 0 Å². The lowest BCUT2D eigenvalue weighted by molar-refractivity contribution is -0.385. The van der Waals surface area contributed by atoms with Crippen molar-refractivity contribution in [3.05, 3.63) is 61.7 Å². The number of nitro groups is 2. The molecule has 0 aliphatic rings. The van der Waals surface area contributed by atoms with Crippen LogP contribution in [0.25, 0.3) is 0 Å². The molecule has 0 bridgehead atoms. The van der Waals surface area contributed by atoms with E-state index in [1.807, 2.05) is 5.43 Å². The summed E-state index contributed by atoms with van der Waals surface area (Å²) in [5, 5.41) is 53.5. The molecule has 0 aliphatic heterocycles. The summed E-state index contributed by atoms with van der Waals surface area (Å²) in [5.74, 6) is -2.80. The number of phenols is 3. The Labute approximate surface area is 143 Å². The minimum atomic E-state index is -0.991. The number of carbonyl (C=O) groups is 1. The average molecular weight is 362 g/mol. The maximum absolute atomic E-state index is 11.9. The molecule has 0 aliphatic carbocycles. The van der Waals surface area contributed by atoms with Crippen LogP contribution in [0.1, 0.15) is 15.9 Å². The van der Waals surface area contributed by atoms with Crippen LogP contribution in [-0.2, 0) is 0 Å². The molecule has 12 heteroatoms. The number of aromatic hydroxyl groups is 3. The molecule has 0 aromatic heterocycles. The highest BCUT2D eigenvalue weighted by molar-refractivity contribution is 5.98. The number of nitrogens with zero attached hydrogens (tertiary/aromatic N) is 3.